The second-order valence-corrected chi connectivity index (χ2v) is 11.3. The predicted molar refractivity (Wildman–Crippen MR) is 141 cm³/mol. The molecule has 0 aliphatic rings. The summed E-state index contributed by atoms with van der Waals surface area (Å²) in [5.74, 6) is -1.59. The van der Waals surface area contributed by atoms with E-state index in [-0.39, 0.29) is 42.0 Å². The Morgan fingerprint density at radius 1 is 1.11 bits per heavy atom. The summed E-state index contributed by atoms with van der Waals surface area (Å²) in [6.07, 6.45) is -0.0935. The smallest absolute Gasteiger partial charge is 0.407 e. The van der Waals surface area contributed by atoms with Gasteiger partial charge in [0, 0.05) is 30.8 Å². The van der Waals surface area contributed by atoms with Crippen LogP contribution in [-0.2, 0) is 23.8 Å². The Morgan fingerprint density at radius 2 is 1.75 bits per heavy atom. The number of nitrogens with one attached hydrogen (secondary N) is 2. The molecule has 0 saturated heterocycles. The van der Waals surface area contributed by atoms with Gasteiger partial charge in [-0.15, -0.1) is 20.6 Å². The van der Waals surface area contributed by atoms with Crippen molar-refractivity contribution in [2.24, 2.45) is 11.8 Å². The van der Waals surface area contributed by atoms with E-state index < -0.39 is 29.7 Å². The number of carbonyl (C=O) groups excluding carboxylic acids is 4. The summed E-state index contributed by atoms with van der Waals surface area (Å²) < 4.78 is 15.6. The van der Waals surface area contributed by atoms with Crippen LogP contribution in [0, 0.1) is 11.8 Å². The fourth-order valence-electron chi connectivity index (χ4n) is 3.32. The molecule has 12 heteroatoms. The predicted octanol–water partition coefficient (Wildman–Crippen LogP) is 3.86. The molecule has 0 saturated carbocycles. The molecule has 1 rings (SSSR count). The lowest BCUT2D eigenvalue weighted by atomic mass is 9.98. The van der Waals surface area contributed by atoms with E-state index in [1.54, 1.807) is 33.1 Å². The average molecular weight is 546 g/mol. The molecule has 0 aromatic carbocycles. The maximum atomic E-state index is 12.8. The molecule has 204 valence electrons. The number of alkyl carbamates (subject to hydrolysis) is 1. The highest BCUT2D eigenvalue weighted by Gasteiger charge is 2.29. The molecule has 0 fully saturated rings. The van der Waals surface area contributed by atoms with E-state index in [2.05, 4.69) is 24.9 Å². The minimum absolute atomic E-state index is 0.0120. The van der Waals surface area contributed by atoms with Crippen LogP contribution in [0.5, 0.6) is 0 Å². The number of nitrogens with zero attached hydrogens (tertiary/aromatic N) is 1. The molecule has 0 aliphatic carbocycles. The third-order valence-corrected chi connectivity index (χ3v) is 6.68. The Morgan fingerprint density at radius 3 is 2.25 bits per heavy atom. The third-order valence-electron chi connectivity index (χ3n) is 5.17. The number of aromatic nitrogens is 1. The van der Waals surface area contributed by atoms with Crippen molar-refractivity contribution in [2.45, 2.75) is 85.1 Å². The number of esters is 2. The van der Waals surface area contributed by atoms with Crippen LogP contribution in [0.25, 0.3) is 0 Å². The Bertz CT molecular complexity index is 901. The van der Waals surface area contributed by atoms with E-state index in [1.165, 1.54) is 25.4 Å². The fraction of sp³-hybridized carbons (Fsp3) is 0.708. The number of thiazole rings is 1. The van der Waals surface area contributed by atoms with Gasteiger partial charge in [0.15, 0.2) is 6.10 Å². The number of carbonyl (C=O) groups is 4. The van der Waals surface area contributed by atoms with Crippen LogP contribution >= 0.6 is 20.6 Å². The summed E-state index contributed by atoms with van der Waals surface area (Å²) in [5, 5.41) is 7.77. The first-order valence-corrected chi connectivity index (χ1v) is 13.6. The number of hydrogen-bond donors (Lipinski definition) is 2. The molecule has 2 amide bonds. The summed E-state index contributed by atoms with van der Waals surface area (Å²) in [5.41, 5.74) is -0.468. The minimum Gasteiger partial charge on any atom is -0.469 e. The van der Waals surface area contributed by atoms with Gasteiger partial charge in [-0.3, -0.25) is 14.4 Å². The first-order chi connectivity index (χ1) is 16.7. The van der Waals surface area contributed by atoms with Crippen molar-refractivity contribution in [3.63, 3.8) is 0 Å². The Hall–Kier alpha value is -2.26. The Balaban J connectivity index is 2.99. The van der Waals surface area contributed by atoms with Gasteiger partial charge in [-0.25, -0.2) is 9.78 Å². The second kappa shape index (κ2) is 14.5. The average Bonchev–Trinajstić information content (AvgIpc) is 3.25. The number of hydrogen-bond acceptors (Lipinski definition) is 9. The van der Waals surface area contributed by atoms with Crippen LogP contribution in [0.4, 0.5) is 4.79 Å². The number of ether oxygens (including phenoxy) is 3. The normalized spacial score (nSPS) is 14.8. The van der Waals surface area contributed by atoms with Crippen molar-refractivity contribution in [1.29, 1.82) is 0 Å². The molecule has 0 bridgehead atoms. The molecule has 1 unspecified atom stereocenters. The largest absolute Gasteiger partial charge is 0.469 e. The zero-order valence-electron chi connectivity index (χ0n) is 22.4. The SMILES string of the molecule is COC(=O)[C@@H](C)C[C@H](CP)NC(=O)c1csc([C@@H](C[C@@H](NC(=O)OC(C)(C)C)C(C)C)OC(C)=O)n1. The lowest BCUT2D eigenvalue weighted by molar-refractivity contribution is -0.147. The molecule has 0 radical (unpaired) electrons. The summed E-state index contributed by atoms with van der Waals surface area (Å²) >= 11 is 1.20. The van der Waals surface area contributed by atoms with Crippen LogP contribution in [0.2, 0.25) is 0 Å². The first kappa shape index (κ1) is 31.8. The standard InChI is InChI=1S/C24H40N3O7PS/c1-13(2)17(27-23(31)34-24(5,6)7)10-19(33-15(4)28)21-26-18(12-36-21)20(29)25-16(11-35)9-14(3)22(30)32-8/h12-14,16-17,19H,9-11,35H2,1-8H3,(H,25,29)(H,27,31)/t14-,16+,17+,19+/m0/s1. The van der Waals surface area contributed by atoms with Crippen LogP contribution in [0.15, 0.2) is 5.38 Å². The summed E-state index contributed by atoms with van der Waals surface area (Å²) in [7, 11) is 3.89. The maximum Gasteiger partial charge on any atom is 0.407 e. The Labute approximate surface area is 219 Å². The van der Waals surface area contributed by atoms with Crippen LogP contribution in [0.1, 0.15) is 82.9 Å². The van der Waals surface area contributed by atoms with Crippen LogP contribution in [0.3, 0.4) is 0 Å². The van der Waals surface area contributed by atoms with E-state index in [0.29, 0.717) is 17.6 Å². The van der Waals surface area contributed by atoms with Gasteiger partial charge in [0.25, 0.3) is 5.91 Å². The van der Waals surface area contributed by atoms with Crippen molar-refractivity contribution in [3.8, 4) is 0 Å². The molecule has 1 heterocycles. The van der Waals surface area contributed by atoms with Crippen LogP contribution < -0.4 is 10.6 Å². The summed E-state index contributed by atoms with van der Waals surface area (Å²) in [6.45, 7) is 12.2. The monoisotopic (exact) mass is 545 g/mol. The number of amides is 2. The first-order valence-electron chi connectivity index (χ1n) is 11.9. The van der Waals surface area contributed by atoms with Crippen LogP contribution in [-0.4, -0.2) is 59.9 Å². The van der Waals surface area contributed by atoms with Gasteiger partial charge in [-0.2, -0.15) is 0 Å². The van der Waals surface area contributed by atoms with Gasteiger partial charge in [-0.05, 0) is 39.3 Å². The van der Waals surface area contributed by atoms with E-state index in [0.717, 1.165) is 0 Å². The molecular weight excluding hydrogens is 505 g/mol. The van der Waals surface area contributed by atoms with Gasteiger partial charge in [0.1, 0.15) is 16.3 Å². The molecule has 5 atom stereocenters. The van der Waals surface area contributed by atoms with Gasteiger partial charge >= 0.3 is 18.0 Å². The van der Waals surface area contributed by atoms with Crippen molar-refractivity contribution in [3.05, 3.63) is 16.1 Å². The molecular formula is C24H40N3O7PS. The molecule has 36 heavy (non-hydrogen) atoms. The van der Waals surface area contributed by atoms with Crippen molar-refractivity contribution >= 4 is 44.5 Å². The molecule has 10 nitrogen and oxygen atoms in total. The highest BCUT2D eigenvalue weighted by Crippen LogP contribution is 2.29. The lowest BCUT2D eigenvalue weighted by Gasteiger charge is -2.28. The molecule has 2 N–H and O–H groups in total. The van der Waals surface area contributed by atoms with E-state index in [9.17, 15) is 19.2 Å². The second-order valence-electron chi connectivity index (χ2n) is 9.97. The highest BCUT2D eigenvalue weighted by atomic mass is 32.1. The number of rotatable bonds is 12. The summed E-state index contributed by atoms with van der Waals surface area (Å²) in [6, 6.07) is -0.638. The Kier molecular flexibility index (Phi) is 12.8. The van der Waals surface area contributed by atoms with Gasteiger partial charge in [0.2, 0.25) is 0 Å². The van der Waals surface area contributed by atoms with Crippen molar-refractivity contribution in [2.75, 3.05) is 13.3 Å². The fourth-order valence-corrected chi connectivity index (χ4v) is 4.47. The highest BCUT2D eigenvalue weighted by molar-refractivity contribution is 7.16. The van der Waals surface area contributed by atoms with E-state index >= 15 is 0 Å². The zero-order valence-corrected chi connectivity index (χ0v) is 24.3. The van der Waals surface area contributed by atoms with E-state index in [1.807, 2.05) is 13.8 Å². The zero-order chi connectivity index (χ0) is 27.6. The number of methoxy groups -OCH3 is 1. The lowest BCUT2D eigenvalue weighted by Crippen LogP contribution is -2.42. The third kappa shape index (κ3) is 11.2. The summed E-state index contributed by atoms with van der Waals surface area (Å²) in [4.78, 5) is 53.1. The van der Waals surface area contributed by atoms with Crippen molar-refractivity contribution in [1.82, 2.24) is 15.6 Å². The van der Waals surface area contributed by atoms with Gasteiger partial charge < -0.3 is 24.8 Å². The topological polar surface area (TPSA) is 133 Å². The molecule has 0 aliphatic heterocycles. The minimum atomic E-state index is -0.756. The van der Waals surface area contributed by atoms with Gasteiger partial charge in [0.05, 0.1) is 13.0 Å². The van der Waals surface area contributed by atoms with Gasteiger partial charge in [-0.1, -0.05) is 20.8 Å². The molecule has 1 aromatic rings. The van der Waals surface area contributed by atoms with Crippen molar-refractivity contribution < 1.29 is 33.4 Å². The van der Waals surface area contributed by atoms with E-state index in [4.69, 9.17) is 14.2 Å². The molecule has 0 spiro atoms. The maximum absolute atomic E-state index is 12.8. The molecule has 1 aromatic heterocycles. The quantitative estimate of drug-likeness (QED) is 0.230.